The lowest BCUT2D eigenvalue weighted by Gasteiger charge is -2.23. The lowest BCUT2D eigenvalue weighted by Crippen LogP contribution is -2.29. The first-order valence-corrected chi connectivity index (χ1v) is 8.41. The summed E-state index contributed by atoms with van der Waals surface area (Å²) in [6.45, 7) is 8.43. The van der Waals surface area contributed by atoms with Gasteiger partial charge in [-0.2, -0.15) is 0 Å². The van der Waals surface area contributed by atoms with Gasteiger partial charge in [0.1, 0.15) is 17.5 Å². The zero-order valence-electron chi connectivity index (χ0n) is 14.1. The van der Waals surface area contributed by atoms with Crippen LogP contribution in [0.5, 0.6) is 0 Å². The number of hydrogen-bond acceptors (Lipinski definition) is 5. The van der Waals surface area contributed by atoms with Crippen LogP contribution in [0.1, 0.15) is 55.6 Å². The third-order valence-corrected chi connectivity index (χ3v) is 4.17. The van der Waals surface area contributed by atoms with E-state index in [4.69, 9.17) is 4.98 Å². The number of piperidine rings is 1. The van der Waals surface area contributed by atoms with Crippen LogP contribution in [0.15, 0.2) is 24.4 Å². The van der Waals surface area contributed by atoms with Gasteiger partial charge in [-0.15, -0.1) is 0 Å². The van der Waals surface area contributed by atoms with E-state index in [1.807, 2.05) is 18.3 Å². The molecule has 0 bridgehead atoms. The van der Waals surface area contributed by atoms with E-state index in [1.165, 1.54) is 18.4 Å². The highest BCUT2D eigenvalue weighted by Gasteiger charge is 2.19. The fourth-order valence-electron chi connectivity index (χ4n) is 2.86. The maximum Gasteiger partial charge on any atom is 0.135 e. The predicted molar refractivity (Wildman–Crippen MR) is 93.2 cm³/mol. The Morgan fingerprint density at radius 3 is 2.78 bits per heavy atom. The van der Waals surface area contributed by atoms with Crippen molar-refractivity contribution in [3.05, 3.63) is 41.5 Å². The molecular formula is C18H25N5. The Balaban J connectivity index is 1.90. The van der Waals surface area contributed by atoms with Gasteiger partial charge in [0, 0.05) is 30.6 Å². The van der Waals surface area contributed by atoms with Gasteiger partial charge in [-0.3, -0.25) is 0 Å². The second-order valence-electron chi connectivity index (χ2n) is 6.58. The first kappa shape index (κ1) is 15.9. The largest absolute Gasteiger partial charge is 0.325 e. The third kappa shape index (κ3) is 4.05. The second-order valence-corrected chi connectivity index (χ2v) is 6.58. The molecule has 2 N–H and O–H groups in total. The van der Waals surface area contributed by atoms with Crippen LogP contribution in [0.3, 0.4) is 0 Å². The van der Waals surface area contributed by atoms with Gasteiger partial charge in [0.25, 0.3) is 0 Å². The monoisotopic (exact) mass is 311 g/mol. The lowest BCUT2D eigenvalue weighted by molar-refractivity contribution is 0.452. The molecular weight excluding hydrogens is 286 g/mol. The number of nitrogens with zero attached hydrogens (tertiary/aromatic N) is 3. The van der Waals surface area contributed by atoms with E-state index in [2.05, 4.69) is 47.4 Å². The van der Waals surface area contributed by atoms with Crippen molar-refractivity contribution < 1.29 is 0 Å². The zero-order chi connectivity index (χ0) is 16.2. The fourth-order valence-corrected chi connectivity index (χ4v) is 2.86. The molecule has 0 aliphatic carbocycles. The topological polar surface area (TPSA) is 62.7 Å². The van der Waals surface area contributed by atoms with Crippen LogP contribution in [0.25, 0.3) is 0 Å². The number of aromatic nitrogens is 3. The smallest absolute Gasteiger partial charge is 0.135 e. The Morgan fingerprint density at radius 2 is 2.09 bits per heavy atom. The van der Waals surface area contributed by atoms with E-state index < -0.39 is 0 Å². The molecule has 23 heavy (non-hydrogen) atoms. The predicted octanol–water partition coefficient (Wildman–Crippen LogP) is 3.51. The van der Waals surface area contributed by atoms with Crippen LogP contribution >= 0.6 is 0 Å². The van der Waals surface area contributed by atoms with Gasteiger partial charge in [-0.1, -0.05) is 13.8 Å². The summed E-state index contributed by atoms with van der Waals surface area (Å²) in [5.74, 6) is 3.32. The second kappa shape index (κ2) is 7.04. The number of nitrogens with one attached hydrogen (secondary N) is 2. The quantitative estimate of drug-likeness (QED) is 0.904. The number of anilines is 2. The van der Waals surface area contributed by atoms with Crippen LogP contribution in [-0.4, -0.2) is 28.0 Å². The summed E-state index contributed by atoms with van der Waals surface area (Å²) in [7, 11) is 0. The van der Waals surface area contributed by atoms with E-state index in [0.717, 1.165) is 36.2 Å². The van der Waals surface area contributed by atoms with Gasteiger partial charge in [0.2, 0.25) is 0 Å². The number of aryl methyl sites for hydroxylation is 1. The molecule has 3 heterocycles. The molecule has 1 aliphatic heterocycles. The van der Waals surface area contributed by atoms with Gasteiger partial charge in [-0.25, -0.2) is 15.0 Å². The highest BCUT2D eigenvalue weighted by molar-refractivity contribution is 5.53. The van der Waals surface area contributed by atoms with Crippen LogP contribution in [0.4, 0.5) is 11.6 Å². The number of pyridine rings is 1. The van der Waals surface area contributed by atoms with Crippen molar-refractivity contribution in [1.82, 2.24) is 20.3 Å². The van der Waals surface area contributed by atoms with Gasteiger partial charge in [0.15, 0.2) is 0 Å². The minimum absolute atomic E-state index is 0.303. The van der Waals surface area contributed by atoms with Gasteiger partial charge in [0.05, 0.1) is 5.69 Å². The zero-order valence-corrected chi connectivity index (χ0v) is 14.1. The standard InChI is InChI=1S/C18H25N5/c1-12(2)18-21-15(14-5-4-7-19-11-14)10-17(23-18)22-16-9-13(3)6-8-20-16/h6,8-10,12,14,19H,4-5,7,11H2,1-3H3,(H,20,21,22,23). The molecule has 0 spiro atoms. The SMILES string of the molecule is Cc1ccnc(Nc2cc(C3CCCNC3)nc(C(C)C)n2)c1. The molecule has 0 aromatic carbocycles. The van der Waals surface area contributed by atoms with Crippen LogP contribution in [-0.2, 0) is 0 Å². The maximum atomic E-state index is 4.80. The van der Waals surface area contributed by atoms with Crippen molar-refractivity contribution in [3.8, 4) is 0 Å². The van der Waals surface area contributed by atoms with Crippen molar-refractivity contribution in [2.45, 2.75) is 45.4 Å². The van der Waals surface area contributed by atoms with Crippen LogP contribution in [0.2, 0.25) is 0 Å². The van der Waals surface area contributed by atoms with Gasteiger partial charge >= 0.3 is 0 Å². The molecule has 1 aliphatic rings. The third-order valence-electron chi connectivity index (χ3n) is 4.17. The average Bonchev–Trinajstić information content (AvgIpc) is 2.55. The van der Waals surface area contributed by atoms with Crippen molar-refractivity contribution in [2.75, 3.05) is 18.4 Å². The summed E-state index contributed by atoms with van der Waals surface area (Å²) < 4.78 is 0. The lowest BCUT2D eigenvalue weighted by atomic mass is 9.95. The molecule has 1 atom stereocenters. The minimum Gasteiger partial charge on any atom is -0.325 e. The molecule has 0 radical (unpaired) electrons. The Morgan fingerprint density at radius 1 is 1.22 bits per heavy atom. The minimum atomic E-state index is 0.303. The molecule has 1 fully saturated rings. The summed E-state index contributed by atoms with van der Waals surface area (Å²) in [6.07, 6.45) is 4.20. The summed E-state index contributed by atoms with van der Waals surface area (Å²) in [4.78, 5) is 13.8. The average molecular weight is 311 g/mol. The van der Waals surface area contributed by atoms with E-state index >= 15 is 0 Å². The first-order chi connectivity index (χ1) is 11.1. The van der Waals surface area contributed by atoms with Crippen LogP contribution in [0, 0.1) is 6.92 Å². The molecule has 1 saturated heterocycles. The molecule has 0 amide bonds. The maximum absolute atomic E-state index is 4.80. The van der Waals surface area contributed by atoms with Crippen LogP contribution < -0.4 is 10.6 Å². The van der Waals surface area contributed by atoms with Crippen molar-refractivity contribution in [3.63, 3.8) is 0 Å². The molecule has 0 saturated carbocycles. The Bertz CT molecular complexity index is 662. The van der Waals surface area contributed by atoms with Crippen molar-refractivity contribution in [2.24, 2.45) is 0 Å². The van der Waals surface area contributed by atoms with Crippen molar-refractivity contribution >= 4 is 11.6 Å². The molecule has 122 valence electrons. The first-order valence-electron chi connectivity index (χ1n) is 8.41. The van der Waals surface area contributed by atoms with Crippen molar-refractivity contribution in [1.29, 1.82) is 0 Å². The molecule has 2 aromatic rings. The van der Waals surface area contributed by atoms with E-state index in [1.54, 1.807) is 0 Å². The number of rotatable bonds is 4. The molecule has 2 aromatic heterocycles. The molecule has 1 unspecified atom stereocenters. The van der Waals surface area contributed by atoms with E-state index in [-0.39, 0.29) is 0 Å². The highest BCUT2D eigenvalue weighted by Crippen LogP contribution is 2.26. The summed E-state index contributed by atoms with van der Waals surface area (Å²) >= 11 is 0. The fraction of sp³-hybridized carbons (Fsp3) is 0.500. The van der Waals surface area contributed by atoms with E-state index in [9.17, 15) is 0 Å². The summed E-state index contributed by atoms with van der Waals surface area (Å²) in [5, 5.41) is 6.80. The van der Waals surface area contributed by atoms with E-state index in [0.29, 0.717) is 11.8 Å². The summed E-state index contributed by atoms with van der Waals surface area (Å²) in [6, 6.07) is 6.09. The normalized spacial score (nSPS) is 18.2. The van der Waals surface area contributed by atoms with Gasteiger partial charge < -0.3 is 10.6 Å². The van der Waals surface area contributed by atoms with Gasteiger partial charge in [-0.05, 0) is 44.0 Å². The highest BCUT2D eigenvalue weighted by atomic mass is 15.1. The Hall–Kier alpha value is -2.01. The molecule has 5 nitrogen and oxygen atoms in total. The Kier molecular flexibility index (Phi) is 4.86. The number of hydrogen-bond donors (Lipinski definition) is 2. The molecule has 3 rings (SSSR count). The summed E-state index contributed by atoms with van der Waals surface area (Å²) in [5.41, 5.74) is 2.31. The Labute approximate surface area is 138 Å². The molecule has 5 heteroatoms.